The topological polar surface area (TPSA) is 51.8 Å². The normalized spacial score (nSPS) is 12.7. The van der Waals surface area contributed by atoms with E-state index in [2.05, 4.69) is 22.1 Å². The van der Waals surface area contributed by atoms with Crippen molar-refractivity contribution in [2.45, 2.75) is 18.9 Å². The van der Waals surface area contributed by atoms with Crippen molar-refractivity contribution in [1.29, 1.82) is 0 Å². The second kappa shape index (κ2) is 5.47. The zero-order valence-electron chi connectivity index (χ0n) is 10.5. The van der Waals surface area contributed by atoms with Gasteiger partial charge in [-0.1, -0.05) is 30.3 Å². The second-order valence-electron chi connectivity index (χ2n) is 4.51. The number of hydrogen-bond donors (Lipinski definition) is 1. The molecule has 2 N–H and O–H groups in total. The summed E-state index contributed by atoms with van der Waals surface area (Å²) in [4.78, 5) is 8.67. The Morgan fingerprint density at radius 1 is 1.16 bits per heavy atom. The van der Waals surface area contributed by atoms with Gasteiger partial charge >= 0.3 is 0 Å². The molecule has 96 valence electrons. The number of pyridine rings is 1. The lowest BCUT2D eigenvalue weighted by Gasteiger charge is -2.10. The molecule has 1 aromatic carbocycles. The molecule has 1 atom stereocenters. The van der Waals surface area contributed by atoms with Gasteiger partial charge in [0.15, 0.2) is 0 Å². The van der Waals surface area contributed by atoms with Crippen LogP contribution in [0.3, 0.4) is 0 Å². The third kappa shape index (κ3) is 2.80. The zero-order chi connectivity index (χ0) is 13.1. The van der Waals surface area contributed by atoms with Gasteiger partial charge in [0.05, 0.1) is 21.4 Å². The van der Waals surface area contributed by atoms with Crippen molar-refractivity contribution in [3.05, 3.63) is 59.4 Å². The maximum absolute atomic E-state index is 6.20. The van der Waals surface area contributed by atoms with Gasteiger partial charge in [-0.25, -0.2) is 4.98 Å². The maximum atomic E-state index is 6.20. The van der Waals surface area contributed by atoms with Crippen LogP contribution in [0.1, 0.15) is 23.0 Å². The van der Waals surface area contributed by atoms with Crippen LogP contribution in [0.15, 0.2) is 48.8 Å². The van der Waals surface area contributed by atoms with E-state index in [0.717, 1.165) is 23.4 Å². The number of aromatic nitrogens is 2. The summed E-state index contributed by atoms with van der Waals surface area (Å²) in [6.07, 6.45) is 5.44. The highest BCUT2D eigenvalue weighted by Gasteiger charge is 2.08. The number of benzene rings is 1. The lowest BCUT2D eigenvalue weighted by atomic mass is 10.0. The first-order valence-electron chi connectivity index (χ1n) is 6.33. The second-order valence-corrected chi connectivity index (χ2v) is 5.62. The Labute approximate surface area is 116 Å². The molecule has 19 heavy (non-hydrogen) atoms. The van der Waals surface area contributed by atoms with Crippen LogP contribution in [-0.2, 0) is 6.42 Å². The highest BCUT2D eigenvalue weighted by molar-refractivity contribution is 7.18. The fourth-order valence-electron chi connectivity index (χ4n) is 2.08. The average Bonchev–Trinajstić information content (AvgIpc) is 2.88. The van der Waals surface area contributed by atoms with Crippen molar-refractivity contribution in [2.24, 2.45) is 5.73 Å². The van der Waals surface area contributed by atoms with E-state index in [1.165, 1.54) is 10.3 Å². The van der Waals surface area contributed by atoms with Gasteiger partial charge < -0.3 is 5.73 Å². The van der Waals surface area contributed by atoms with Crippen molar-refractivity contribution < 1.29 is 0 Å². The third-order valence-corrected chi connectivity index (χ3v) is 4.23. The van der Waals surface area contributed by atoms with Gasteiger partial charge in [-0.05, 0) is 18.1 Å². The first kappa shape index (κ1) is 12.3. The molecule has 3 nitrogen and oxygen atoms in total. The molecule has 2 heterocycles. The first-order valence-corrected chi connectivity index (χ1v) is 7.14. The van der Waals surface area contributed by atoms with Gasteiger partial charge in [0.2, 0.25) is 0 Å². The number of aryl methyl sites for hydroxylation is 1. The Morgan fingerprint density at radius 3 is 2.79 bits per heavy atom. The summed E-state index contributed by atoms with van der Waals surface area (Å²) in [5.74, 6) is 0. The van der Waals surface area contributed by atoms with E-state index < -0.39 is 0 Å². The van der Waals surface area contributed by atoms with Crippen LogP contribution < -0.4 is 5.73 Å². The lowest BCUT2D eigenvalue weighted by molar-refractivity contribution is 0.650. The smallest absolute Gasteiger partial charge is 0.0998 e. The molecule has 1 unspecified atom stereocenters. The van der Waals surface area contributed by atoms with Gasteiger partial charge in [-0.2, -0.15) is 0 Å². The highest BCUT2D eigenvalue weighted by Crippen LogP contribution is 2.23. The molecular formula is C15H15N3S. The summed E-state index contributed by atoms with van der Waals surface area (Å²) in [7, 11) is 0. The number of nitrogens with two attached hydrogens (primary N) is 1. The summed E-state index contributed by atoms with van der Waals surface area (Å²) in [5.41, 5.74) is 8.37. The number of rotatable bonds is 4. The van der Waals surface area contributed by atoms with Gasteiger partial charge in [0.1, 0.15) is 0 Å². The Morgan fingerprint density at radius 2 is 2.00 bits per heavy atom. The van der Waals surface area contributed by atoms with Crippen molar-refractivity contribution in [3.8, 4) is 0 Å². The number of nitrogens with zero attached hydrogens (tertiary/aromatic N) is 2. The Bertz CT molecular complexity index is 630. The summed E-state index contributed by atoms with van der Waals surface area (Å²) in [5, 5.41) is 1.13. The minimum atomic E-state index is 0.0753. The maximum Gasteiger partial charge on any atom is 0.0998 e. The Balaban J connectivity index is 1.69. The first-order chi connectivity index (χ1) is 9.33. The summed E-state index contributed by atoms with van der Waals surface area (Å²) in [6.45, 7) is 0. The van der Waals surface area contributed by atoms with Gasteiger partial charge in [-0.15, -0.1) is 11.3 Å². The molecular weight excluding hydrogens is 254 g/mol. The number of thiazole rings is 1. The van der Waals surface area contributed by atoms with E-state index in [9.17, 15) is 0 Å². The predicted molar refractivity (Wildman–Crippen MR) is 79.1 cm³/mol. The summed E-state index contributed by atoms with van der Waals surface area (Å²) >= 11 is 1.73. The number of fused-ring (bicyclic) bond motifs is 1. The summed E-state index contributed by atoms with van der Waals surface area (Å²) in [6, 6.07) is 12.3. The standard InChI is InChI=1S/C15H15N3S/c16-12(11-4-2-1-3-5-11)6-7-15-18-13-10-17-9-8-14(13)19-15/h1-5,8-10,12H,6-7,16H2. The molecule has 0 aliphatic rings. The van der Waals surface area contributed by atoms with Gasteiger partial charge in [0, 0.05) is 18.7 Å². The fourth-order valence-corrected chi connectivity index (χ4v) is 3.03. The van der Waals surface area contributed by atoms with Crippen molar-refractivity contribution in [1.82, 2.24) is 9.97 Å². The molecule has 0 saturated heterocycles. The lowest BCUT2D eigenvalue weighted by Crippen LogP contribution is -2.10. The molecule has 0 radical (unpaired) electrons. The zero-order valence-corrected chi connectivity index (χ0v) is 11.3. The van der Waals surface area contributed by atoms with E-state index in [4.69, 9.17) is 5.73 Å². The molecule has 0 aliphatic heterocycles. The molecule has 3 aromatic rings. The van der Waals surface area contributed by atoms with Crippen molar-refractivity contribution in [3.63, 3.8) is 0 Å². The molecule has 0 spiro atoms. The van der Waals surface area contributed by atoms with Crippen LogP contribution in [-0.4, -0.2) is 9.97 Å². The van der Waals surface area contributed by atoms with E-state index >= 15 is 0 Å². The van der Waals surface area contributed by atoms with E-state index in [-0.39, 0.29) is 6.04 Å². The third-order valence-electron chi connectivity index (χ3n) is 3.13. The molecule has 0 fully saturated rings. The number of hydrogen-bond acceptors (Lipinski definition) is 4. The van der Waals surface area contributed by atoms with E-state index in [0.29, 0.717) is 0 Å². The SMILES string of the molecule is NC(CCc1nc2cnccc2s1)c1ccccc1. The minimum absolute atomic E-state index is 0.0753. The van der Waals surface area contributed by atoms with Crippen LogP contribution in [0, 0.1) is 0 Å². The van der Waals surface area contributed by atoms with Crippen LogP contribution in [0.5, 0.6) is 0 Å². The Hall–Kier alpha value is -1.78. The van der Waals surface area contributed by atoms with Crippen LogP contribution in [0.4, 0.5) is 0 Å². The quantitative estimate of drug-likeness (QED) is 0.790. The molecule has 4 heteroatoms. The monoisotopic (exact) mass is 269 g/mol. The molecule has 2 aromatic heterocycles. The molecule has 0 amide bonds. The fraction of sp³-hybridized carbons (Fsp3) is 0.200. The predicted octanol–water partition coefficient (Wildman–Crippen LogP) is 3.32. The van der Waals surface area contributed by atoms with E-state index in [1.807, 2.05) is 30.5 Å². The average molecular weight is 269 g/mol. The summed E-state index contributed by atoms with van der Waals surface area (Å²) < 4.78 is 1.19. The molecule has 3 rings (SSSR count). The van der Waals surface area contributed by atoms with Crippen LogP contribution in [0.25, 0.3) is 10.2 Å². The molecule has 0 aliphatic carbocycles. The van der Waals surface area contributed by atoms with E-state index in [1.54, 1.807) is 17.5 Å². The largest absolute Gasteiger partial charge is 0.324 e. The molecule has 0 saturated carbocycles. The van der Waals surface area contributed by atoms with Crippen molar-refractivity contribution in [2.75, 3.05) is 0 Å². The minimum Gasteiger partial charge on any atom is -0.324 e. The highest BCUT2D eigenvalue weighted by atomic mass is 32.1. The Kier molecular flexibility index (Phi) is 3.53. The molecule has 0 bridgehead atoms. The van der Waals surface area contributed by atoms with Crippen LogP contribution >= 0.6 is 11.3 Å². The van der Waals surface area contributed by atoms with Crippen molar-refractivity contribution >= 4 is 21.6 Å². The van der Waals surface area contributed by atoms with Gasteiger partial charge in [0.25, 0.3) is 0 Å². The van der Waals surface area contributed by atoms with Crippen LogP contribution in [0.2, 0.25) is 0 Å². The van der Waals surface area contributed by atoms with Gasteiger partial charge in [-0.3, -0.25) is 4.98 Å².